The minimum atomic E-state index is -0.200. The van der Waals surface area contributed by atoms with Crippen LogP contribution in [0, 0.1) is 5.82 Å². The molecule has 1 saturated carbocycles. The Morgan fingerprint density at radius 1 is 1.04 bits per heavy atom. The number of fused-ring (bicyclic) bond motifs is 3. The van der Waals surface area contributed by atoms with Crippen LogP contribution in [-0.2, 0) is 0 Å². The maximum Gasteiger partial charge on any atom is 0.123 e. The third kappa shape index (κ3) is 2.37. The number of benzene rings is 2. The molecule has 2 heterocycles. The van der Waals surface area contributed by atoms with Gasteiger partial charge in [-0.25, -0.2) is 8.91 Å². The van der Waals surface area contributed by atoms with Gasteiger partial charge in [0, 0.05) is 22.6 Å². The van der Waals surface area contributed by atoms with Crippen molar-refractivity contribution in [2.75, 3.05) is 7.11 Å². The largest absolute Gasteiger partial charge is 0.497 e. The Morgan fingerprint density at radius 3 is 2.56 bits per heavy atom. The third-order valence-corrected chi connectivity index (χ3v) is 4.93. The maximum absolute atomic E-state index is 13.7. The lowest BCUT2D eigenvalue weighted by atomic mass is 10.1. The van der Waals surface area contributed by atoms with Crippen LogP contribution in [0.1, 0.15) is 24.5 Å². The fourth-order valence-corrected chi connectivity index (χ4v) is 3.45. The van der Waals surface area contributed by atoms with E-state index in [1.807, 2.05) is 34.8 Å². The molecule has 0 spiro atoms. The van der Waals surface area contributed by atoms with Crippen molar-refractivity contribution in [1.29, 1.82) is 0 Å². The summed E-state index contributed by atoms with van der Waals surface area (Å²) in [5.41, 5.74) is 4.17. The van der Waals surface area contributed by atoms with Gasteiger partial charge in [-0.15, -0.1) is 0 Å². The number of nitrogens with zero attached hydrogens (tertiary/aromatic N) is 2. The molecular formula is C21H17FN2O. The Bertz CT molecular complexity index is 1090. The van der Waals surface area contributed by atoms with E-state index in [0.29, 0.717) is 5.92 Å². The van der Waals surface area contributed by atoms with Crippen LogP contribution >= 0.6 is 0 Å². The SMILES string of the molecule is COc1ccc(-c2cc3c4ccc(F)cc4cc(C4CC4)n3n2)cc1. The van der Waals surface area contributed by atoms with Crippen molar-refractivity contribution in [3.05, 3.63) is 66.1 Å². The second-order valence-corrected chi connectivity index (χ2v) is 6.63. The topological polar surface area (TPSA) is 26.5 Å². The zero-order chi connectivity index (χ0) is 17.0. The maximum atomic E-state index is 13.7. The molecule has 3 nitrogen and oxygen atoms in total. The van der Waals surface area contributed by atoms with E-state index in [0.717, 1.165) is 33.3 Å². The molecule has 124 valence electrons. The second kappa shape index (κ2) is 5.31. The van der Waals surface area contributed by atoms with E-state index in [9.17, 15) is 4.39 Å². The van der Waals surface area contributed by atoms with Crippen molar-refractivity contribution in [3.63, 3.8) is 0 Å². The molecule has 0 aliphatic heterocycles. The predicted molar refractivity (Wildman–Crippen MR) is 96.6 cm³/mol. The van der Waals surface area contributed by atoms with Gasteiger partial charge >= 0.3 is 0 Å². The van der Waals surface area contributed by atoms with Gasteiger partial charge in [0.05, 0.1) is 18.3 Å². The molecule has 4 heteroatoms. The molecule has 25 heavy (non-hydrogen) atoms. The van der Waals surface area contributed by atoms with E-state index in [4.69, 9.17) is 9.84 Å². The summed E-state index contributed by atoms with van der Waals surface area (Å²) >= 11 is 0. The van der Waals surface area contributed by atoms with Gasteiger partial charge in [-0.2, -0.15) is 5.10 Å². The number of halogens is 1. The highest BCUT2D eigenvalue weighted by Crippen LogP contribution is 2.42. The average Bonchev–Trinajstić information content (AvgIpc) is 3.38. The number of hydrogen-bond donors (Lipinski definition) is 0. The highest BCUT2D eigenvalue weighted by molar-refractivity contribution is 5.97. The molecule has 2 aromatic carbocycles. The first-order valence-corrected chi connectivity index (χ1v) is 8.49. The Labute approximate surface area is 144 Å². The van der Waals surface area contributed by atoms with E-state index in [-0.39, 0.29) is 5.82 Å². The minimum Gasteiger partial charge on any atom is -0.497 e. The first-order valence-electron chi connectivity index (χ1n) is 8.49. The van der Waals surface area contributed by atoms with E-state index in [2.05, 4.69) is 12.1 Å². The Hall–Kier alpha value is -2.88. The molecule has 1 aliphatic carbocycles. The Kier molecular flexibility index (Phi) is 3.07. The summed E-state index contributed by atoms with van der Waals surface area (Å²) in [6, 6.07) is 17.1. The summed E-state index contributed by atoms with van der Waals surface area (Å²) in [5.74, 6) is 1.15. The molecule has 0 atom stereocenters. The summed E-state index contributed by atoms with van der Waals surface area (Å²) in [6.45, 7) is 0. The first-order chi connectivity index (χ1) is 12.2. The van der Waals surface area contributed by atoms with Crippen molar-refractivity contribution >= 4 is 16.3 Å². The van der Waals surface area contributed by atoms with Crippen LogP contribution in [0.4, 0.5) is 4.39 Å². The van der Waals surface area contributed by atoms with Crippen LogP contribution < -0.4 is 4.74 Å². The molecule has 1 fully saturated rings. The summed E-state index contributed by atoms with van der Waals surface area (Å²) in [5, 5.41) is 6.82. The fourth-order valence-electron chi connectivity index (χ4n) is 3.45. The number of hydrogen-bond acceptors (Lipinski definition) is 2. The monoisotopic (exact) mass is 332 g/mol. The van der Waals surface area contributed by atoms with Crippen molar-refractivity contribution in [3.8, 4) is 17.0 Å². The van der Waals surface area contributed by atoms with Crippen LogP contribution in [0.25, 0.3) is 27.5 Å². The van der Waals surface area contributed by atoms with E-state index in [1.54, 1.807) is 13.2 Å². The number of rotatable bonds is 3. The second-order valence-electron chi connectivity index (χ2n) is 6.63. The normalized spacial score (nSPS) is 14.3. The highest BCUT2D eigenvalue weighted by atomic mass is 19.1. The molecule has 5 rings (SSSR count). The Morgan fingerprint density at radius 2 is 1.84 bits per heavy atom. The predicted octanol–water partition coefficient (Wildman–Crippen LogP) is 5.18. The number of pyridine rings is 1. The van der Waals surface area contributed by atoms with Crippen LogP contribution in [-0.4, -0.2) is 16.7 Å². The van der Waals surface area contributed by atoms with E-state index < -0.39 is 0 Å². The van der Waals surface area contributed by atoms with Crippen molar-refractivity contribution in [1.82, 2.24) is 9.61 Å². The lowest BCUT2D eigenvalue weighted by Gasteiger charge is -2.07. The van der Waals surface area contributed by atoms with Gasteiger partial charge in [0.1, 0.15) is 11.6 Å². The van der Waals surface area contributed by atoms with Crippen LogP contribution in [0.3, 0.4) is 0 Å². The van der Waals surface area contributed by atoms with E-state index >= 15 is 0 Å². The van der Waals surface area contributed by atoms with Gasteiger partial charge in [0.25, 0.3) is 0 Å². The zero-order valence-corrected chi connectivity index (χ0v) is 13.9. The summed E-state index contributed by atoms with van der Waals surface area (Å²) < 4.78 is 21.0. The molecular weight excluding hydrogens is 315 g/mol. The Balaban J connectivity index is 1.76. The number of aromatic nitrogens is 2. The van der Waals surface area contributed by atoms with Crippen LogP contribution in [0.2, 0.25) is 0 Å². The van der Waals surface area contributed by atoms with Gasteiger partial charge in [-0.3, -0.25) is 0 Å². The van der Waals surface area contributed by atoms with Crippen LogP contribution in [0.15, 0.2) is 54.6 Å². The molecule has 0 radical (unpaired) electrons. The van der Waals surface area contributed by atoms with Gasteiger partial charge in [-0.05, 0) is 72.8 Å². The highest BCUT2D eigenvalue weighted by Gasteiger charge is 2.27. The minimum absolute atomic E-state index is 0.200. The molecule has 4 aromatic rings. The molecule has 0 amide bonds. The average molecular weight is 332 g/mol. The van der Waals surface area contributed by atoms with Gasteiger partial charge in [0.2, 0.25) is 0 Å². The summed E-state index contributed by atoms with van der Waals surface area (Å²) in [4.78, 5) is 0. The van der Waals surface area contributed by atoms with Crippen LogP contribution in [0.5, 0.6) is 5.75 Å². The molecule has 1 aliphatic rings. The summed E-state index contributed by atoms with van der Waals surface area (Å²) in [7, 11) is 1.66. The van der Waals surface area contributed by atoms with Crippen molar-refractivity contribution in [2.45, 2.75) is 18.8 Å². The number of ether oxygens (including phenoxy) is 1. The third-order valence-electron chi connectivity index (χ3n) is 4.93. The summed E-state index contributed by atoms with van der Waals surface area (Å²) in [6.07, 6.45) is 2.35. The fraction of sp³-hybridized carbons (Fsp3) is 0.190. The molecule has 0 bridgehead atoms. The quantitative estimate of drug-likeness (QED) is 0.517. The number of methoxy groups -OCH3 is 1. The molecule has 2 aromatic heterocycles. The lowest BCUT2D eigenvalue weighted by molar-refractivity contribution is 0.415. The first kappa shape index (κ1) is 14.5. The molecule has 0 unspecified atom stereocenters. The van der Waals surface area contributed by atoms with Crippen molar-refractivity contribution < 1.29 is 9.13 Å². The van der Waals surface area contributed by atoms with E-state index in [1.165, 1.54) is 24.6 Å². The molecule has 0 saturated heterocycles. The smallest absolute Gasteiger partial charge is 0.123 e. The zero-order valence-electron chi connectivity index (χ0n) is 13.9. The standard InChI is InChI=1S/C21H17FN2O/c1-25-17-7-4-13(5-8-17)19-12-21-18-9-6-16(22)10-15(18)11-20(14-2-3-14)24(21)23-19/h4-12,14H,2-3H2,1H3. The molecule has 0 N–H and O–H groups in total. The van der Waals surface area contributed by atoms with Crippen molar-refractivity contribution in [2.24, 2.45) is 0 Å². The van der Waals surface area contributed by atoms with Gasteiger partial charge < -0.3 is 4.74 Å². The van der Waals surface area contributed by atoms with Gasteiger partial charge in [-0.1, -0.05) is 0 Å². The van der Waals surface area contributed by atoms with Gasteiger partial charge in [0.15, 0.2) is 0 Å². The lowest BCUT2D eigenvalue weighted by Crippen LogP contribution is -1.98.